The minimum Gasteiger partial charge on any atom is -0.399 e. The maximum Gasteiger partial charge on any atom is 0.0450 e. The van der Waals surface area contributed by atoms with Gasteiger partial charge in [-0.05, 0) is 23.8 Å². The van der Waals surface area contributed by atoms with E-state index >= 15 is 0 Å². The first-order chi connectivity index (χ1) is 8.16. The predicted octanol–water partition coefficient (Wildman–Crippen LogP) is 2.46. The third kappa shape index (κ3) is 2.64. The Morgan fingerprint density at radius 3 is 2.24 bits per heavy atom. The highest BCUT2D eigenvalue weighted by atomic mass is 14.6. The fourth-order valence-electron chi connectivity index (χ4n) is 1.71. The number of nitrogens with two attached hydrogens (primary N) is 2. The van der Waals surface area contributed by atoms with Crippen molar-refractivity contribution in [3.63, 3.8) is 0 Å². The molecule has 3 heteroatoms. The lowest BCUT2D eigenvalue weighted by Crippen LogP contribution is -2.06. The van der Waals surface area contributed by atoms with Gasteiger partial charge in [-0.3, -0.25) is 0 Å². The second kappa shape index (κ2) is 4.70. The van der Waals surface area contributed by atoms with E-state index in [1.165, 1.54) is 0 Å². The van der Waals surface area contributed by atoms with Gasteiger partial charge in [-0.15, -0.1) is 0 Å². The molecule has 17 heavy (non-hydrogen) atoms. The maximum atomic E-state index is 8.05. The van der Waals surface area contributed by atoms with Crippen molar-refractivity contribution in [3.05, 3.63) is 59.7 Å². The Labute approximate surface area is 101 Å². The van der Waals surface area contributed by atoms with Crippen molar-refractivity contribution in [2.24, 2.45) is 0 Å². The quantitative estimate of drug-likeness (QED) is 0.554. The van der Waals surface area contributed by atoms with Crippen molar-refractivity contribution in [2.75, 3.05) is 11.5 Å². The van der Waals surface area contributed by atoms with E-state index in [0.717, 1.165) is 16.8 Å². The lowest BCUT2D eigenvalue weighted by atomic mass is 10.0. The SMILES string of the molecule is N=C(Cc1ccc(N)cc1)c1ccccc1N. The van der Waals surface area contributed by atoms with Crippen LogP contribution in [0.1, 0.15) is 11.1 Å². The maximum absolute atomic E-state index is 8.05. The number of nitrogen functional groups attached to an aromatic ring is 2. The summed E-state index contributed by atoms with van der Waals surface area (Å²) in [6.45, 7) is 0. The monoisotopic (exact) mass is 225 g/mol. The second-order valence-corrected chi connectivity index (χ2v) is 3.98. The van der Waals surface area contributed by atoms with E-state index in [1.54, 1.807) is 0 Å². The molecular formula is C14H15N3. The normalized spacial score (nSPS) is 10.1. The third-order valence-corrected chi connectivity index (χ3v) is 2.65. The van der Waals surface area contributed by atoms with E-state index in [9.17, 15) is 0 Å². The highest BCUT2D eigenvalue weighted by Gasteiger charge is 2.05. The van der Waals surface area contributed by atoms with Crippen LogP contribution in [0.15, 0.2) is 48.5 Å². The molecule has 0 saturated heterocycles. The van der Waals surface area contributed by atoms with Gasteiger partial charge in [-0.25, -0.2) is 0 Å². The van der Waals surface area contributed by atoms with Gasteiger partial charge in [0, 0.05) is 29.1 Å². The Morgan fingerprint density at radius 1 is 0.941 bits per heavy atom. The van der Waals surface area contributed by atoms with Gasteiger partial charge in [-0.1, -0.05) is 30.3 Å². The van der Waals surface area contributed by atoms with E-state index in [4.69, 9.17) is 16.9 Å². The summed E-state index contributed by atoms with van der Waals surface area (Å²) in [4.78, 5) is 0. The molecule has 0 aliphatic heterocycles. The molecule has 86 valence electrons. The molecule has 0 aliphatic carbocycles. The van der Waals surface area contributed by atoms with Crippen molar-refractivity contribution in [2.45, 2.75) is 6.42 Å². The van der Waals surface area contributed by atoms with Gasteiger partial charge in [0.2, 0.25) is 0 Å². The second-order valence-electron chi connectivity index (χ2n) is 3.98. The summed E-state index contributed by atoms with van der Waals surface area (Å²) in [5.74, 6) is 0. The van der Waals surface area contributed by atoms with E-state index < -0.39 is 0 Å². The molecule has 0 amide bonds. The topological polar surface area (TPSA) is 75.9 Å². The van der Waals surface area contributed by atoms with Crippen LogP contribution in [0.3, 0.4) is 0 Å². The summed E-state index contributed by atoms with van der Waals surface area (Å²) >= 11 is 0. The van der Waals surface area contributed by atoms with Gasteiger partial charge in [0.1, 0.15) is 0 Å². The molecule has 0 spiro atoms. The Hall–Kier alpha value is -2.29. The molecule has 0 unspecified atom stereocenters. The van der Waals surface area contributed by atoms with Gasteiger partial charge < -0.3 is 16.9 Å². The van der Waals surface area contributed by atoms with E-state index in [2.05, 4.69) is 0 Å². The van der Waals surface area contributed by atoms with Crippen molar-refractivity contribution >= 4 is 17.1 Å². The summed E-state index contributed by atoms with van der Waals surface area (Å²) in [5.41, 5.74) is 15.2. The number of rotatable bonds is 3. The fraction of sp³-hybridized carbons (Fsp3) is 0.0714. The van der Waals surface area contributed by atoms with Crippen molar-refractivity contribution in [1.82, 2.24) is 0 Å². The fourth-order valence-corrected chi connectivity index (χ4v) is 1.71. The molecule has 3 nitrogen and oxygen atoms in total. The number of para-hydroxylation sites is 1. The van der Waals surface area contributed by atoms with Crippen LogP contribution >= 0.6 is 0 Å². The van der Waals surface area contributed by atoms with Crippen molar-refractivity contribution in [3.8, 4) is 0 Å². The lowest BCUT2D eigenvalue weighted by Gasteiger charge is -2.07. The van der Waals surface area contributed by atoms with Gasteiger partial charge in [-0.2, -0.15) is 0 Å². The Bertz CT molecular complexity index is 529. The average Bonchev–Trinajstić information content (AvgIpc) is 2.32. The molecule has 2 rings (SSSR count). The first-order valence-corrected chi connectivity index (χ1v) is 5.43. The zero-order valence-corrected chi connectivity index (χ0v) is 9.48. The zero-order valence-electron chi connectivity index (χ0n) is 9.48. The van der Waals surface area contributed by atoms with Gasteiger partial charge in [0.05, 0.1) is 0 Å². The average molecular weight is 225 g/mol. The number of benzene rings is 2. The van der Waals surface area contributed by atoms with Crippen LogP contribution < -0.4 is 11.5 Å². The summed E-state index contributed by atoms with van der Waals surface area (Å²) in [6.07, 6.45) is 0.564. The first-order valence-electron chi connectivity index (χ1n) is 5.43. The van der Waals surface area contributed by atoms with E-state index in [-0.39, 0.29) is 0 Å². The van der Waals surface area contributed by atoms with Crippen LogP contribution in [-0.4, -0.2) is 5.71 Å². The zero-order chi connectivity index (χ0) is 12.3. The molecule has 0 bridgehead atoms. The largest absolute Gasteiger partial charge is 0.399 e. The Morgan fingerprint density at radius 2 is 1.59 bits per heavy atom. The molecule has 0 atom stereocenters. The molecular weight excluding hydrogens is 210 g/mol. The molecule has 2 aromatic carbocycles. The molecule has 0 heterocycles. The molecule has 0 fully saturated rings. The van der Waals surface area contributed by atoms with Crippen molar-refractivity contribution < 1.29 is 0 Å². The number of anilines is 2. The molecule has 2 aromatic rings. The molecule has 0 aliphatic rings. The summed E-state index contributed by atoms with van der Waals surface area (Å²) in [7, 11) is 0. The summed E-state index contributed by atoms with van der Waals surface area (Å²) in [6, 6.07) is 15.0. The van der Waals surface area contributed by atoms with E-state index in [0.29, 0.717) is 17.8 Å². The first kappa shape index (κ1) is 11.2. The minimum absolute atomic E-state index is 0.521. The predicted molar refractivity (Wildman–Crippen MR) is 72.2 cm³/mol. The Balaban J connectivity index is 2.17. The van der Waals surface area contributed by atoms with Gasteiger partial charge in [0.25, 0.3) is 0 Å². The van der Waals surface area contributed by atoms with Gasteiger partial charge >= 0.3 is 0 Å². The Kier molecular flexibility index (Phi) is 3.10. The van der Waals surface area contributed by atoms with Crippen LogP contribution in [0.2, 0.25) is 0 Å². The lowest BCUT2D eigenvalue weighted by molar-refractivity contribution is 1.28. The summed E-state index contributed by atoms with van der Waals surface area (Å²) < 4.78 is 0. The third-order valence-electron chi connectivity index (χ3n) is 2.65. The molecule has 0 radical (unpaired) electrons. The minimum atomic E-state index is 0.521. The van der Waals surface area contributed by atoms with Gasteiger partial charge in [0.15, 0.2) is 0 Å². The molecule has 5 N–H and O–H groups in total. The highest BCUT2D eigenvalue weighted by Crippen LogP contribution is 2.15. The van der Waals surface area contributed by atoms with Crippen molar-refractivity contribution in [1.29, 1.82) is 5.41 Å². The number of hydrogen-bond donors (Lipinski definition) is 3. The van der Waals surface area contributed by atoms with Crippen LogP contribution in [0.5, 0.6) is 0 Å². The van der Waals surface area contributed by atoms with Crippen LogP contribution in [0, 0.1) is 5.41 Å². The van der Waals surface area contributed by atoms with E-state index in [1.807, 2.05) is 48.5 Å². The number of nitrogens with one attached hydrogen (secondary N) is 1. The van der Waals surface area contributed by atoms with Crippen LogP contribution in [0.4, 0.5) is 11.4 Å². The molecule has 0 aromatic heterocycles. The van der Waals surface area contributed by atoms with Crippen LogP contribution in [0.25, 0.3) is 0 Å². The molecule has 0 saturated carbocycles. The van der Waals surface area contributed by atoms with Crippen LogP contribution in [-0.2, 0) is 6.42 Å². The highest BCUT2D eigenvalue weighted by molar-refractivity contribution is 6.03. The standard InChI is InChI=1S/C14H15N3/c15-11-7-5-10(6-8-11)9-14(17)12-3-1-2-4-13(12)16/h1-8,17H,9,15-16H2. The number of hydrogen-bond acceptors (Lipinski definition) is 3. The smallest absolute Gasteiger partial charge is 0.0450 e. The summed E-state index contributed by atoms with van der Waals surface area (Å²) in [5, 5.41) is 8.05.